The summed E-state index contributed by atoms with van der Waals surface area (Å²) in [6.07, 6.45) is 2.09. The second-order valence-corrected chi connectivity index (χ2v) is 3.84. The molecule has 0 atom stereocenters. The quantitative estimate of drug-likeness (QED) is 0.385. The predicted molar refractivity (Wildman–Crippen MR) is 48.3 cm³/mol. The van der Waals surface area contributed by atoms with Crippen LogP contribution in [0, 0.1) is 0 Å². The summed E-state index contributed by atoms with van der Waals surface area (Å²) < 4.78 is 0. The van der Waals surface area contributed by atoms with Crippen molar-refractivity contribution < 1.29 is 4.84 Å². The molecule has 11 heavy (non-hydrogen) atoms. The lowest BCUT2D eigenvalue weighted by Gasteiger charge is -2.18. The van der Waals surface area contributed by atoms with E-state index in [4.69, 9.17) is 4.84 Å². The smallest absolute Gasteiger partial charge is 0.0813 e. The van der Waals surface area contributed by atoms with Crippen molar-refractivity contribution in [3.63, 3.8) is 0 Å². The zero-order valence-corrected chi connectivity index (χ0v) is 8.19. The lowest BCUT2D eigenvalue weighted by atomic mass is 10.2. The van der Waals surface area contributed by atoms with Gasteiger partial charge < -0.3 is 0 Å². The topological polar surface area (TPSA) is 21.3 Å². The van der Waals surface area contributed by atoms with Crippen molar-refractivity contribution in [1.29, 1.82) is 0 Å². The van der Waals surface area contributed by atoms with Crippen LogP contribution in [0.2, 0.25) is 0 Å². The largest absolute Gasteiger partial charge is 0.296 e. The molecular weight excluding hydrogens is 138 g/mol. The van der Waals surface area contributed by atoms with E-state index in [2.05, 4.69) is 25.4 Å². The number of nitrogens with one attached hydrogen (secondary N) is 1. The first-order valence-corrected chi connectivity index (χ1v) is 3.96. The molecule has 0 aliphatic rings. The Kier molecular flexibility index (Phi) is 4.38. The molecule has 0 saturated carbocycles. The summed E-state index contributed by atoms with van der Waals surface area (Å²) in [7, 11) is 0. The van der Waals surface area contributed by atoms with Gasteiger partial charge in [0.05, 0.1) is 5.60 Å². The summed E-state index contributed by atoms with van der Waals surface area (Å²) in [5, 5.41) is 0. The Balaban J connectivity index is 3.36. The van der Waals surface area contributed by atoms with E-state index in [0.717, 1.165) is 6.54 Å². The van der Waals surface area contributed by atoms with Crippen LogP contribution in [0.15, 0.2) is 11.6 Å². The molecule has 0 spiro atoms. The van der Waals surface area contributed by atoms with Crippen LogP contribution in [0.1, 0.15) is 34.6 Å². The Morgan fingerprint density at radius 1 is 1.36 bits per heavy atom. The van der Waals surface area contributed by atoms with Crippen molar-refractivity contribution in [3.05, 3.63) is 11.6 Å². The monoisotopic (exact) mass is 157 g/mol. The molecule has 0 amide bonds. The molecule has 1 N–H and O–H groups in total. The van der Waals surface area contributed by atoms with Gasteiger partial charge in [0.1, 0.15) is 0 Å². The SMILES string of the molecule is CC(C)=CCNOC(C)(C)C. The van der Waals surface area contributed by atoms with E-state index in [1.165, 1.54) is 5.57 Å². The van der Waals surface area contributed by atoms with Gasteiger partial charge in [-0.25, -0.2) is 0 Å². The van der Waals surface area contributed by atoms with Crippen LogP contribution in [-0.2, 0) is 4.84 Å². The number of allylic oxidation sites excluding steroid dienone is 1. The molecule has 0 rings (SSSR count). The second kappa shape index (κ2) is 4.52. The Hall–Kier alpha value is -0.340. The third-order valence-electron chi connectivity index (χ3n) is 0.972. The highest BCUT2D eigenvalue weighted by molar-refractivity contribution is 4.93. The van der Waals surface area contributed by atoms with Crippen molar-refractivity contribution in [2.45, 2.75) is 40.2 Å². The summed E-state index contributed by atoms with van der Waals surface area (Å²) in [5.41, 5.74) is 4.08. The van der Waals surface area contributed by atoms with Gasteiger partial charge in [-0.15, -0.1) is 0 Å². The molecule has 0 bridgehead atoms. The maximum atomic E-state index is 5.29. The highest BCUT2D eigenvalue weighted by Gasteiger charge is 2.08. The molecule has 0 heterocycles. The van der Waals surface area contributed by atoms with Crippen molar-refractivity contribution in [2.24, 2.45) is 0 Å². The van der Waals surface area contributed by atoms with Crippen molar-refractivity contribution >= 4 is 0 Å². The van der Waals surface area contributed by atoms with Gasteiger partial charge in [0.2, 0.25) is 0 Å². The van der Waals surface area contributed by atoms with E-state index in [0.29, 0.717) is 0 Å². The van der Waals surface area contributed by atoms with E-state index < -0.39 is 0 Å². The first-order valence-electron chi connectivity index (χ1n) is 3.96. The van der Waals surface area contributed by atoms with Gasteiger partial charge >= 0.3 is 0 Å². The second-order valence-electron chi connectivity index (χ2n) is 3.84. The van der Waals surface area contributed by atoms with Crippen LogP contribution in [0.25, 0.3) is 0 Å². The summed E-state index contributed by atoms with van der Waals surface area (Å²) in [6.45, 7) is 11.0. The maximum absolute atomic E-state index is 5.29. The van der Waals surface area contributed by atoms with Crippen LogP contribution in [0.3, 0.4) is 0 Å². The van der Waals surface area contributed by atoms with Crippen LogP contribution in [-0.4, -0.2) is 12.1 Å². The average Bonchev–Trinajstić information content (AvgIpc) is 1.78. The zero-order valence-electron chi connectivity index (χ0n) is 8.19. The van der Waals surface area contributed by atoms with E-state index in [1.807, 2.05) is 20.8 Å². The summed E-state index contributed by atoms with van der Waals surface area (Å²) >= 11 is 0. The minimum Gasteiger partial charge on any atom is -0.296 e. The van der Waals surface area contributed by atoms with Crippen molar-refractivity contribution in [3.8, 4) is 0 Å². The molecule has 0 unspecified atom stereocenters. The maximum Gasteiger partial charge on any atom is 0.0813 e. The van der Waals surface area contributed by atoms with E-state index in [9.17, 15) is 0 Å². The van der Waals surface area contributed by atoms with Crippen molar-refractivity contribution in [1.82, 2.24) is 5.48 Å². The van der Waals surface area contributed by atoms with Crippen LogP contribution < -0.4 is 5.48 Å². The fraction of sp³-hybridized carbons (Fsp3) is 0.778. The molecule has 0 aliphatic carbocycles. The highest BCUT2D eigenvalue weighted by Crippen LogP contribution is 2.02. The molecule has 0 radical (unpaired) electrons. The summed E-state index contributed by atoms with van der Waals surface area (Å²) in [5.74, 6) is 0. The first-order chi connectivity index (χ1) is 4.92. The van der Waals surface area contributed by atoms with Gasteiger partial charge in [-0.05, 0) is 34.6 Å². The number of rotatable bonds is 3. The fourth-order valence-electron chi connectivity index (χ4n) is 0.504. The average molecular weight is 157 g/mol. The van der Waals surface area contributed by atoms with E-state index >= 15 is 0 Å². The van der Waals surface area contributed by atoms with Gasteiger partial charge in [-0.3, -0.25) is 4.84 Å². The third kappa shape index (κ3) is 9.66. The Bertz CT molecular complexity index is 129. The van der Waals surface area contributed by atoms with Gasteiger partial charge in [0.25, 0.3) is 0 Å². The van der Waals surface area contributed by atoms with Crippen LogP contribution in [0.4, 0.5) is 0 Å². The highest BCUT2D eigenvalue weighted by atomic mass is 16.7. The predicted octanol–water partition coefficient (Wildman–Crippen LogP) is 2.27. The normalized spacial score (nSPS) is 11.4. The lowest BCUT2D eigenvalue weighted by molar-refractivity contribution is -0.0678. The minimum atomic E-state index is -0.102. The van der Waals surface area contributed by atoms with Gasteiger partial charge in [-0.2, -0.15) is 5.48 Å². The van der Waals surface area contributed by atoms with Gasteiger partial charge in [0.15, 0.2) is 0 Å². The molecule has 0 aromatic heterocycles. The number of hydrogen-bond acceptors (Lipinski definition) is 2. The van der Waals surface area contributed by atoms with Crippen LogP contribution in [0.5, 0.6) is 0 Å². The Morgan fingerprint density at radius 2 is 1.91 bits per heavy atom. The van der Waals surface area contributed by atoms with Crippen LogP contribution >= 0.6 is 0 Å². The minimum absolute atomic E-state index is 0.102. The van der Waals surface area contributed by atoms with Gasteiger partial charge in [-0.1, -0.05) is 11.6 Å². The van der Waals surface area contributed by atoms with E-state index in [1.54, 1.807) is 0 Å². The molecule has 2 heteroatoms. The molecule has 0 aromatic carbocycles. The Labute approximate surface area is 69.6 Å². The number of hydrogen-bond donors (Lipinski definition) is 1. The summed E-state index contributed by atoms with van der Waals surface area (Å²) in [4.78, 5) is 5.29. The lowest BCUT2D eigenvalue weighted by Crippen LogP contribution is -2.29. The molecule has 0 fully saturated rings. The first kappa shape index (κ1) is 10.7. The fourth-order valence-corrected chi connectivity index (χ4v) is 0.504. The van der Waals surface area contributed by atoms with Gasteiger partial charge in [0, 0.05) is 6.54 Å². The zero-order chi connectivity index (χ0) is 8.91. The summed E-state index contributed by atoms with van der Waals surface area (Å²) in [6, 6.07) is 0. The number of hydroxylamine groups is 1. The third-order valence-corrected chi connectivity index (χ3v) is 0.972. The van der Waals surface area contributed by atoms with E-state index in [-0.39, 0.29) is 5.60 Å². The molecular formula is C9H19NO. The molecule has 0 saturated heterocycles. The molecule has 0 aliphatic heterocycles. The standard InChI is InChI=1S/C9H19NO/c1-8(2)6-7-10-11-9(3,4)5/h6,10H,7H2,1-5H3. The Morgan fingerprint density at radius 3 is 2.27 bits per heavy atom. The molecule has 0 aromatic rings. The molecule has 66 valence electrons. The van der Waals surface area contributed by atoms with Crippen molar-refractivity contribution in [2.75, 3.05) is 6.54 Å². The molecule has 2 nitrogen and oxygen atoms in total.